The summed E-state index contributed by atoms with van der Waals surface area (Å²) in [5.41, 5.74) is 0.428. The maximum atomic E-state index is 12.7. The molecule has 3 N–H and O–H groups in total. The number of aryl methyl sites for hydroxylation is 1. The topological polar surface area (TPSA) is 151 Å². The number of nitrogens with zero attached hydrogens (tertiary/aromatic N) is 4. The number of hydrogen-bond donors (Lipinski definition) is 3. The molecule has 208 valence electrons. The molecule has 0 aliphatic carbocycles. The van der Waals surface area contributed by atoms with Crippen LogP contribution in [-0.4, -0.2) is 75.8 Å². The summed E-state index contributed by atoms with van der Waals surface area (Å²) in [6, 6.07) is 2.02. The third-order valence-corrected chi connectivity index (χ3v) is 5.16. The van der Waals surface area contributed by atoms with E-state index in [0.717, 1.165) is 0 Å². The lowest BCUT2D eigenvalue weighted by atomic mass is 9.94. The van der Waals surface area contributed by atoms with Crippen molar-refractivity contribution in [2.75, 3.05) is 23.3 Å². The molecule has 1 amide bonds. The lowest BCUT2D eigenvalue weighted by Crippen LogP contribution is -2.54. The monoisotopic (exact) mass is 553 g/mol. The summed E-state index contributed by atoms with van der Waals surface area (Å²) >= 11 is 0. The van der Waals surface area contributed by atoms with Gasteiger partial charge in [0.15, 0.2) is 6.10 Å². The number of hydrogen-bond acceptors (Lipinski definition) is 10. The molecule has 0 radical (unpaired) electrons. The van der Waals surface area contributed by atoms with Gasteiger partial charge in [-0.15, -0.1) is 0 Å². The van der Waals surface area contributed by atoms with Gasteiger partial charge in [0.05, 0.1) is 18.2 Å². The Hall–Kier alpha value is -4.12. The van der Waals surface area contributed by atoms with E-state index < -0.39 is 48.4 Å². The van der Waals surface area contributed by atoms with Gasteiger partial charge in [-0.1, -0.05) is 0 Å². The Morgan fingerprint density at radius 1 is 1.16 bits per heavy atom. The number of alkyl halides is 6. The van der Waals surface area contributed by atoms with Gasteiger partial charge < -0.3 is 25.0 Å². The quantitative estimate of drug-likeness (QED) is 0.277. The molecular weight excluding hydrogens is 532 g/mol. The molecule has 18 heteroatoms. The molecule has 3 heterocycles. The summed E-state index contributed by atoms with van der Waals surface area (Å²) < 4.78 is 84.2. The van der Waals surface area contributed by atoms with Gasteiger partial charge in [-0.25, -0.2) is 14.6 Å². The maximum absolute atomic E-state index is 12.7. The van der Waals surface area contributed by atoms with E-state index in [1.165, 1.54) is 11.1 Å². The van der Waals surface area contributed by atoms with Crippen molar-refractivity contribution in [1.29, 1.82) is 0 Å². The molecule has 38 heavy (non-hydrogen) atoms. The fourth-order valence-corrected chi connectivity index (χ4v) is 3.42. The molecule has 0 bridgehead atoms. The number of carbonyl (C=O) groups is 3. The summed E-state index contributed by atoms with van der Waals surface area (Å²) in [6.07, 6.45) is -13.1. The Kier molecular flexibility index (Phi) is 8.31. The minimum absolute atomic E-state index is 0.0320. The number of halogens is 6. The van der Waals surface area contributed by atoms with Crippen molar-refractivity contribution in [3.63, 3.8) is 0 Å². The highest BCUT2D eigenvalue weighted by Crippen LogP contribution is 2.27. The molecule has 0 saturated carbocycles. The van der Waals surface area contributed by atoms with Crippen LogP contribution < -0.4 is 15.5 Å². The van der Waals surface area contributed by atoms with E-state index in [-0.39, 0.29) is 31.3 Å². The number of nitrogens with one attached hydrogen (secondary N) is 3. The third-order valence-electron chi connectivity index (χ3n) is 5.16. The van der Waals surface area contributed by atoms with Crippen molar-refractivity contribution in [1.82, 2.24) is 25.5 Å². The van der Waals surface area contributed by atoms with Crippen molar-refractivity contribution in [3.8, 4) is 0 Å². The predicted octanol–water partition coefficient (Wildman–Crippen LogP) is 2.76. The van der Waals surface area contributed by atoms with Crippen LogP contribution in [0.4, 0.5) is 48.7 Å². The van der Waals surface area contributed by atoms with Crippen LogP contribution in [0.5, 0.6) is 0 Å². The Morgan fingerprint density at radius 3 is 2.47 bits per heavy atom. The number of aromatic nitrogens is 4. The van der Waals surface area contributed by atoms with Gasteiger partial charge in [0.25, 0.3) is 0 Å². The molecule has 2 aromatic heterocycles. The van der Waals surface area contributed by atoms with E-state index in [9.17, 15) is 40.7 Å². The predicted molar refractivity (Wildman–Crippen MR) is 115 cm³/mol. The zero-order chi connectivity index (χ0) is 28.3. The van der Waals surface area contributed by atoms with Crippen LogP contribution in [0.15, 0.2) is 18.3 Å². The number of aromatic amines is 1. The van der Waals surface area contributed by atoms with Crippen molar-refractivity contribution < 1.29 is 50.2 Å². The molecule has 1 fully saturated rings. The lowest BCUT2D eigenvalue weighted by molar-refractivity contribution is -0.203. The molecule has 1 aliphatic rings. The van der Waals surface area contributed by atoms with E-state index in [0.29, 0.717) is 18.4 Å². The molecule has 3 rings (SSSR count). The standard InChI is InChI=1S/C20H21F6N7O5/c1-9-5-14(30-13-3-4-27-32-13)31-17(28-9)33-7-11(15(34)38-16(35)20(24,25)26)6-12(8-33)29-18(36)37-10(2)19(21,22)23/h3-5,10-12H,6-8H2,1-2H3,(H,29,36)(H2,27,28,30,31,32)/t10-,11?,12?/m0/s1. The van der Waals surface area contributed by atoms with E-state index in [2.05, 4.69) is 40.3 Å². The van der Waals surface area contributed by atoms with Crippen molar-refractivity contribution in [3.05, 3.63) is 24.0 Å². The van der Waals surface area contributed by atoms with Gasteiger partial charge in [-0.3, -0.25) is 9.89 Å². The van der Waals surface area contributed by atoms with Crippen molar-refractivity contribution in [2.24, 2.45) is 5.92 Å². The van der Waals surface area contributed by atoms with E-state index in [1.54, 1.807) is 19.1 Å². The minimum Gasteiger partial charge on any atom is -0.437 e. The average Bonchev–Trinajstić information content (AvgIpc) is 3.30. The molecule has 1 aliphatic heterocycles. The summed E-state index contributed by atoms with van der Waals surface area (Å²) in [7, 11) is 0. The summed E-state index contributed by atoms with van der Waals surface area (Å²) in [5.74, 6) is -5.02. The minimum atomic E-state index is -5.44. The zero-order valence-electron chi connectivity index (χ0n) is 19.7. The van der Waals surface area contributed by atoms with Gasteiger partial charge >= 0.3 is 30.4 Å². The van der Waals surface area contributed by atoms with E-state index in [4.69, 9.17) is 0 Å². The highest BCUT2D eigenvalue weighted by atomic mass is 19.4. The van der Waals surface area contributed by atoms with Crippen LogP contribution in [0.25, 0.3) is 0 Å². The molecule has 0 spiro atoms. The normalized spacial score (nSPS) is 18.9. The van der Waals surface area contributed by atoms with E-state index >= 15 is 0 Å². The van der Waals surface area contributed by atoms with Crippen molar-refractivity contribution in [2.45, 2.75) is 44.8 Å². The fourth-order valence-electron chi connectivity index (χ4n) is 3.42. The Balaban J connectivity index is 1.83. The van der Waals surface area contributed by atoms with Gasteiger partial charge in [0.1, 0.15) is 11.6 Å². The van der Waals surface area contributed by atoms with Gasteiger partial charge in [0, 0.05) is 30.9 Å². The second-order valence-electron chi connectivity index (χ2n) is 8.26. The molecule has 3 atom stereocenters. The van der Waals surface area contributed by atoms with Crippen LogP contribution >= 0.6 is 0 Å². The molecule has 0 aromatic carbocycles. The number of rotatable bonds is 6. The number of ether oxygens (including phenoxy) is 2. The number of alkyl carbamates (subject to hydrolysis) is 1. The smallest absolute Gasteiger partial charge is 0.437 e. The molecular formula is C20H21F6N7O5. The lowest BCUT2D eigenvalue weighted by Gasteiger charge is -2.37. The second kappa shape index (κ2) is 11.1. The zero-order valence-corrected chi connectivity index (χ0v) is 19.7. The Labute approximate surface area is 210 Å². The second-order valence-corrected chi connectivity index (χ2v) is 8.26. The van der Waals surface area contributed by atoms with Gasteiger partial charge in [-0.2, -0.15) is 36.4 Å². The number of amides is 1. The number of H-pyrrole nitrogens is 1. The maximum Gasteiger partial charge on any atom is 0.491 e. The molecule has 1 saturated heterocycles. The van der Waals surface area contributed by atoms with Crippen LogP contribution in [0.3, 0.4) is 0 Å². The van der Waals surface area contributed by atoms with Crippen LogP contribution in [-0.2, 0) is 19.1 Å². The fraction of sp³-hybridized carbons (Fsp3) is 0.500. The third kappa shape index (κ3) is 7.69. The first-order valence-corrected chi connectivity index (χ1v) is 10.9. The molecule has 12 nitrogen and oxygen atoms in total. The summed E-state index contributed by atoms with van der Waals surface area (Å²) in [4.78, 5) is 45.4. The SMILES string of the molecule is Cc1cc(Nc2ccn[nH]2)nc(N2CC(NC(=O)O[C@@H](C)C(F)(F)F)CC(C(=O)OC(=O)C(F)(F)F)C2)n1. The van der Waals surface area contributed by atoms with Gasteiger partial charge in [0.2, 0.25) is 5.95 Å². The Morgan fingerprint density at radius 2 is 1.87 bits per heavy atom. The first-order valence-electron chi connectivity index (χ1n) is 10.9. The largest absolute Gasteiger partial charge is 0.491 e. The van der Waals surface area contributed by atoms with E-state index in [1.807, 2.05) is 0 Å². The average molecular weight is 553 g/mol. The van der Waals surface area contributed by atoms with Crippen LogP contribution in [0, 0.1) is 12.8 Å². The number of esters is 2. The molecule has 2 unspecified atom stereocenters. The summed E-state index contributed by atoms with van der Waals surface area (Å²) in [6.45, 7) is 1.71. The number of carbonyl (C=O) groups excluding carboxylic acids is 3. The van der Waals surface area contributed by atoms with Crippen LogP contribution in [0.2, 0.25) is 0 Å². The van der Waals surface area contributed by atoms with Crippen molar-refractivity contribution >= 4 is 35.6 Å². The summed E-state index contributed by atoms with van der Waals surface area (Å²) in [5, 5.41) is 11.5. The number of anilines is 3. The van der Waals surface area contributed by atoms with Gasteiger partial charge in [-0.05, 0) is 20.3 Å². The highest BCUT2D eigenvalue weighted by molar-refractivity contribution is 5.90. The first kappa shape index (κ1) is 28.5. The highest BCUT2D eigenvalue weighted by Gasteiger charge is 2.45. The van der Waals surface area contributed by atoms with Crippen LogP contribution in [0.1, 0.15) is 19.0 Å². The Bertz CT molecular complexity index is 1160. The first-order chi connectivity index (χ1) is 17.6. The number of piperidine rings is 1. The molecule has 2 aromatic rings.